The summed E-state index contributed by atoms with van der Waals surface area (Å²) < 4.78 is 5.30. The molecule has 0 radical (unpaired) electrons. The van der Waals surface area contributed by atoms with E-state index >= 15 is 0 Å². The van der Waals surface area contributed by atoms with Crippen molar-refractivity contribution in [2.24, 2.45) is 0 Å². The van der Waals surface area contributed by atoms with Crippen LogP contribution in [0.4, 0.5) is 22.4 Å². The Morgan fingerprint density at radius 2 is 1.82 bits per heavy atom. The summed E-state index contributed by atoms with van der Waals surface area (Å²) in [6.07, 6.45) is -0.0801. The van der Waals surface area contributed by atoms with E-state index in [0.717, 1.165) is 16.0 Å². The first-order valence-corrected chi connectivity index (χ1v) is 13.0. The van der Waals surface area contributed by atoms with E-state index < -0.39 is 18.0 Å². The highest BCUT2D eigenvalue weighted by Gasteiger charge is 2.21. The first-order valence-electron chi connectivity index (χ1n) is 12.2. The normalized spacial score (nSPS) is 11.4. The number of nitrogens with zero attached hydrogens (tertiary/aromatic N) is 3. The Morgan fingerprint density at radius 3 is 2.56 bits per heavy atom. The molecule has 0 bridgehead atoms. The van der Waals surface area contributed by atoms with E-state index in [2.05, 4.69) is 36.2 Å². The van der Waals surface area contributed by atoms with Crippen LogP contribution in [0.5, 0.6) is 5.75 Å². The maximum absolute atomic E-state index is 12.9. The Labute approximate surface area is 229 Å². The number of rotatable bonds is 12. The van der Waals surface area contributed by atoms with Gasteiger partial charge in [-0.1, -0.05) is 48.0 Å². The molecule has 2 aromatic carbocycles. The number of aryl methyl sites for hydroxylation is 1. The Kier molecular flexibility index (Phi) is 9.38. The lowest BCUT2D eigenvalue weighted by atomic mass is 10.0. The minimum absolute atomic E-state index is 0.0266. The van der Waals surface area contributed by atoms with Crippen LogP contribution >= 0.6 is 11.3 Å². The predicted molar refractivity (Wildman–Crippen MR) is 150 cm³/mol. The minimum Gasteiger partial charge on any atom is -0.495 e. The van der Waals surface area contributed by atoms with E-state index in [4.69, 9.17) is 9.84 Å². The molecule has 0 aliphatic carbocycles. The molecule has 0 aliphatic heterocycles. The average molecular weight is 548 g/mol. The fraction of sp³-hybridized carbons (Fsp3) is 0.222. The standard InChI is InChI=1S/C27H29N7O4S/c1-17-7-5-8-18(15-17)23(28-13-12-22(35)36)24-31-25(29-16-19-9-6-14-39-19)33-26(32-24)34-27(37)30-20-10-3-4-11-21(20)38-2/h3-11,14-15,23,28H,12-13,16H2,1-2H3,(H,35,36)(H3,29,30,31,32,33,34,37). The lowest BCUT2D eigenvalue weighted by Gasteiger charge is -2.20. The second-order valence-corrected chi connectivity index (χ2v) is 9.53. The van der Waals surface area contributed by atoms with Gasteiger partial charge in [0.15, 0.2) is 5.82 Å². The summed E-state index contributed by atoms with van der Waals surface area (Å²) in [4.78, 5) is 38.7. The van der Waals surface area contributed by atoms with Gasteiger partial charge in [-0.05, 0) is 36.1 Å². The molecule has 2 aromatic heterocycles. The van der Waals surface area contributed by atoms with E-state index in [1.165, 1.54) is 7.11 Å². The van der Waals surface area contributed by atoms with Gasteiger partial charge in [-0.2, -0.15) is 15.0 Å². The van der Waals surface area contributed by atoms with Gasteiger partial charge in [-0.3, -0.25) is 10.1 Å². The number of para-hydroxylation sites is 2. The average Bonchev–Trinajstić information content (AvgIpc) is 3.44. The van der Waals surface area contributed by atoms with Crippen LogP contribution in [-0.4, -0.2) is 45.7 Å². The topological polar surface area (TPSA) is 150 Å². The number of carbonyl (C=O) groups is 2. The number of thiophene rings is 1. The summed E-state index contributed by atoms with van der Waals surface area (Å²) in [5.41, 5.74) is 2.35. The number of anilines is 3. The third-order valence-corrected chi connectivity index (χ3v) is 6.43. The lowest BCUT2D eigenvalue weighted by molar-refractivity contribution is -0.136. The van der Waals surface area contributed by atoms with Gasteiger partial charge in [0.25, 0.3) is 0 Å². The molecule has 0 aliphatic rings. The maximum atomic E-state index is 12.9. The van der Waals surface area contributed by atoms with Crippen molar-refractivity contribution in [3.8, 4) is 5.75 Å². The number of aromatic nitrogens is 3. The first-order chi connectivity index (χ1) is 18.9. The van der Waals surface area contributed by atoms with E-state index in [-0.39, 0.29) is 24.9 Å². The number of benzene rings is 2. The number of hydrogen-bond acceptors (Lipinski definition) is 9. The lowest BCUT2D eigenvalue weighted by Crippen LogP contribution is -2.28. The molecule has 2 heterocycles. The van der Waals surface area contributed by atoms with Crippen LogP contribution in [0.1, 0.15) is 34.3 Å². The fourth-order valence-electron chi connectivity index (χ4n) is 3.77. The molecule has 12 heteroatoms. The van der Waals surface area contributed by atoms with Crippen LogP contribution in [0.2, 0.25) is 0 Å². The quantitative estimate of drug-likeness (QED) is 0.171. The molecule has 0 fully saturated rings. The largest absolute Gasteiger partial charge is 0.495 e. The van der Waals surface area contributed by atoms with Crippen LogP contribution in [0.25, 0.3) is 0 Å². The van der Waals surface area contributed by atoms with Gasteiger partial charge in [-0.25, -0.2) is 4.79 Å². The van der Waals surface area contributed by atoms with Crippen molar-refractivity contribution in [1.29, 1.82) is 0 Å². The monoisotopic (exact) mass is 547 g/mol. The molecule has 1 unspecified atom stereocenters. The van der Waals surface area contributed by atoms with E-state index in [9.17, 15) is 9.59 Å². The van der Waals surface area contributed by atoms with Crippen LogP contribution in [0, 0.1) is 6.92 Å². The van der Waals surface area contributed by atoms with Gasteiger partial charge in [0.2, 0.25) is 11.9 Å². The Balaban J connectivity index is 1.65. The van der Waals surface area contributed by atoms with Crippen LogP contribution in [0.15, 0.2) is 66.0 Å². The third-order valence-electron chi connectivity index (χ3n) is 5.56. The van der Waals surface area contributed by atoms with E-state index in [0.29, 0.717) is 23.8 Å². The summed E-state index contributed by atoms with van der Waals surface area (Å²) in [5.74, 6) is 0.193. The molecule has 0 saturated heterocycles. The number of ether oxygens (including phenoxy) is 1. The molecule has 1 atom stereocenters. The minimum atomic E-state index is -0.921. The van der Waals surface area contributed by atoms with Crippen LogP contribution in [0.3, 0.4) is 0 Å². The zero-order valence-electron chi connectivity index (χ0n) is 21.5. The van der Waals surface area contributed by atoms with E-state index in [1.807, 2.05) is 48.7 Å². The third kappa shape index (κ3) is 7.97. The first kappa shape index (κ1) is 27.5. The molecule has 11 nitrogen and oxygen atoms in total. The molecule has 4 rings (SSSR count). The summed E-state index contributed by atoms with van der Waals surface area (Å²) in [5, 5.41) is 23.0. The zero-order chi connectivity index (χ0) is 27.6. The van der Waals surface area contributed by atoms with Gasteiger partial charge in [0.05, 0.1) is 31.8 Å². The number of hydrogen-bond donors (Lipinski definition) is 5. The van der Waals surface area contributed by atoms with Crippen molar-refractivity contribution in [3.05, 3.63) is 87.9 Å². The summed E-state index contributed by atoms with van der Waals surface area (Å²) in [6.45, 7) is 2.64. The summed E-state index contributed by atoms with van der Waals surface area (Å²) in [6, 6.07) is 17.6. The van der Waals surface area contributed by atoms with Gasteiger partial charge < -0.3 is 25.8 Å². The highest BCUT2D eigenvalue weighted by Crippen LogP contribution is 2.25. The van der Waals surface area contributed by atoms with Gasteiger partial charge in [-0.15, -0.1) is 11.3 Å². The van der Waals surface area contributed by atoms with E-state index in [1.54, 1.807) is 35.6 Å². The molecule has 5 N–H and O–H groups in total. The number of carboxylic acids is 1. The second-order valence-electron chi connectivity index (χ2n) is 8.50. The van der Waals surface area contributed by atoms with Crippen molar-refractivity contribution in [2.45, 2.75) is 25.9 Å². The fourth-order valence-corrected chi connectivity index (χ4v) is 4.41. The molecule has 4 aromatic rings. The summed E-state index contributed by atoms with van der Waals surface area (Å²) >= 11 is 1.59. The number of amides is 2. The molecule has 202 valence electrons. The number of carbonyl (C=O) groups excluding carboxylic acids is 1. The SMILES string of the molecule is COc1ccccc1NC(=O)Nc1nc(NCc2cccs2)nc(C(NCCC(=O)O)c2cccc(C)c2)n1. The molecule has 0 spiro atoms. The van der Waals surface area contributed by atoms with Crippen molar-refractivity contribution >= 4 is 40.9 Å². The summed E-state index contributed by atoms with van der Waals surface area (Å²) in [7, 11) is 1.52. The zero-order valence-corrected chi connectivity index (χ0v) is 22.3. The highest BCUT2D eigenvalue weighted by molar-refractivity contribution is 7.09. The number of aliphatic carboxylic acids is 1. The van der Waals surface area contributed by atoms with Gasteiger partial charge in [0.1, 0.15) is 5.75 Å². The van der Waals surface area contributed by atoms with Crippen molar-refractivity contribution < 1.29 is 19.4 Å². The molecular formula is C27H29N7O4S. The molecule has 39 heavy (non-hydrogen) atoms. The number of urea groups is 1. The molecule has 0 saturated carbocycles. The maximum Gasteiger partial charge on any atom is 0.326 e. The Bertz CT molecular complexity index is 1420. The van der Waals surface area contributed by atoms with Crippen LogP contribution < -0.4 is 26.0 Å². The molecule has 2 amide bonds. The Morgan fingerprint density at radius 1 is 1.00 bits per heavy atom. The number of nitrogens with one attached hydrogen (secondary N) is 4. The number of methoxy groups -OCH3 is 1. The predicted octanol–water partition coefficient (Wildman–Crippen LogP) is 4.66. The van der Waals surface area contributed by atoms with Crippen molar-refractivity contribution in [1.82, 2.24) is 20.3 Å². The smallest absolute Gasteiger partial charge is 0.326 e. The van der Waals surface area contributed by atoms with Crippen molar-refractivity contribution in [2.75, 3.05) is 29.6 Å². The number of carboxylic acid groups (broad SMARTS) is 1. The van der Waals surface area contributed by atoms with Crippen molar-refractivity contribution in [3.63, 3.8) is 0 Å². The second kappa shape index (κ2) is 13.3. The molecular weight excluding hydrogens is 518 g/mol. The van der Waals surface area contributed by atoms with Gasteiger partial charge in [0, 0.05) is 11.4 Å². The Hall–Kier alpha value is -4.55. The van der Waals surface area contributed by atoms with Crippen LogP contribution in [-0.2, 0) is 11.3 Å². The van der Waals surface area contributed by atoms with Gasteiger partial charge >= 0.3 is 12.0 Å². The highest BCUT2D eigenvalue weighted by atomic mass is 32.1.